The molecule has 15 heavy (non-hydrogen) atoms. The highest BCUT2D eigenvalue weighted by Gasteiger charge is 2.52. The number of hydrogen-bond donors (Lipinski definition) is 1. The summed E-state index contributed by atoms with van der Waals surface area (Å²) >= 11 is 0. The molecule has 84 valence electrons. The van der Waals surface area contributed by atoms with E-state index in [1.807, 2.05) is 0 Å². The molecule has 0 aromatic carbocycles. The zero-order chi connectivity index (χ0) is 10.5. The molecule has 1 heterocycles. The maximum absolute atomic E-state index is 12.3. The Morgan fingerprint density at radius 2 is 1.53 bits per heavy atom. The van der Waals surface area contributed by atoms with Crippen LogP contribution in [0.15, 0.2) is 0 Å². The van der Waals surface area contributed by atoms with Crippen molar-refractivity contribution in [1.82, 2.24) is 4.90 Å². The molecule has 0 aromatic heterocycles. The Labute approximate surface area is 91.0 Å². The lowest BCUT2D eigenvalue weighted by Gasteiger charge is -2.53. The predicted molar refractivity (Wildman–Crippen MR) is 58.3 cm³/mol. The molecule has 1 amide bonds. The third kappa shape index (κ3) is 1.32. The number of hydrogen-bond acceptors (Lipinski definition) is 2. The summed E-state index contributed by atoms with van der Waals surface area (Å²) in [5.74, 6) is 0.440. The van der Waals surface area contributed by atoms with Crippen LogP contribution in [0.4, 0.5) is 0 Å². The number of fused-ring (bicyclic) bond motifs is 3. The van der Waals surface area contributed by atoms with Gasteiger partial charge in [0, 0.05) is 24.0 Å². The lowest BCUT2D eigenvalue weighted by Crippen LogP contribution is -2.59. The number of rotatable bonds is 1. The van der Waals surface area contributed by atoms with Gasteiger partial charge in [0.1, 0.15) is 0 Å². The van der Waals surface area contributed by atoms with E-state index in [1.54, 1.807) is 0 Å². The highest BCUT2D eigenvalue weighted by molar-refractivity contribution is 5.83. The standard InChI is InChI=1S/C12H20N2O/c13-12-5-2-11(3-6-12,4-7-12)10(15)14-8-1-9-14/h1-9,13H2. The quantitative estimate of drug-likeness (QED) is 0.705. The van der Waals surface area contributed by atoms with Crippen molar-refractivity contribution in [1.29, 1.82) is 0 Å². The Balaban J connectivity index is 1.77. The second-order valence-corrected chi connectivity index (χ2v) is 5.79. The zero-order valence-electron chi connectivity index (χ0n) is 9.30. The summed E-state index contributed by atoms with van der Waals surface area (Å²) in [5, 5.41) is 0. The number of carbonyl (C=O) groups excluding carboxylic acids is 1. The predicted octanol–water partition coefficient (Wildman–Crippen LogP) is 1.27. The highest BCUT2D eigenvalue weighted by Crippen LogP contribution is 2.52. The molecular formula is C12H20N2O. The molecule has 3 heteroatoms. The van der Waals surface area contributed by atoms with E-state index in [-0.39, 0.29) is 11.0 Å². The molecule has 2 N–H and O–H groups in total. The first-order chi connectivity index (χ1) is 7.14. The molecule has 0 aromatic rings. The molecule has 0 radical (unpaired) electrons. The molecule has 3 aliphatic carbocycles. The largest absolute Gasteiger partial charge is 0.342 e. The van der Waals surface area contributed by atoms with Gasteiger partial charge in [0.15, 0.2) is 0 Å². The lowest BCUT2D eigenvalue weighted by atomic mass is 9.57. The minimum atomic E-state index is 0.00153. The van der Waals surface area contributed by atoms with E-state index in [9.17, 15) is 4.79 Å². The number of carbonyl (C=O) groups is 1. The van der Waals surface area contributed by atoms with Crippen LogP contribution >= 0.6 is 0 Å². The Morgan fingerprint density at radius 1 is 1.00 bits per heavy atom. The van der Waals surface area contributed by atoms with Gasteiger partial charge in [0.05, 0.1) is 0 Å². The molecule has 4 rings (SSSR count). The van der Waals surface area contributed by atoms with E-state index in [2.05, 4.69) is 4.90 Å². The van der Waals surface area contributed by atoms with Gasteiger partial charge in [-0.1, -0.05) is 0 Å². The number of amides is 1. The molecular weight excluding hydrogens is 188 g/mol. The topological polar surface area (TPSA) is 46.3 Å². The van der Waals surface area contributed by atoms with Gasteiger partial charge in [0.2, 0.25) is 5.91 Å². The molecule has 1 saturated heterocycles. The van der Waals surface area contributed by atoms with E-state index in [1.165, 1.54) is 6.42 Å². The van der Waals surface area contributed by atoms with Crippen LogP contribution in [-0.4, -0.2) is 29.4 Å². The summed E-state index contributed by atoms with van der Waals surface area (Å²) in [7, 11) is 0. The third-order valence-electron chi connectivity index (χ3n) is 4.90. The summed E-state index contributed by atoms with van der Waals surface area (Å²) in [6, 6.07) is 0. The van der Waals surface area contributed by atoms with Crippen LogP contribution in [0.5, 0.6) is 0 Å². The van der Waals surface area contributed by atoms with Crippen molar-refractivity contribution < 1.29 is 4.79 Å². The monoisotopic (exact) mass is 208 g/mol. The van der Waals surface area contributed by atoms with Crippen molar-refractivity contribution in [2.45, 2.75) is 50.5 Å². The fourth-order valence-electron chi connectivity index (χ4n) is 3.39. The number of nitrogens with two attached hydrogens (primary N) is 1. The molecule has 3 saturated carbocycles. The Hall–Kier alpha value is -0.570. The normalized spacial score (nSPS) is 43.9. The van der Waals surface area contributed by atoms with E-state index in [0.29, 0.717) is 5.91 Å². The van der Waals surface area contributed by atoms with Crippen LogP contribution in [0.1, 0.15) is 44.9 Å². The summed E-state index contributed by atoms with van der Waals surface area (Å²) < 4.78 is 0. The van der Waals surface area contributed by atoms with E-state index in [4.69, 9.17) is 5.73 Å². The number of likely N-dealkylation sites (tertiary alicyclic amines) is 1. The third-order valence-corrected chi connectivity index (χ3v) is 4.90. The van der Waals surface area contributed by atoms with Gasteiger partial charge >= 0.3 is 0 Å². The van der Waals surface area contributed by atoms with E-state index >= 15 is 0 Å². The van der Waals surface area contributed by atoms with Gasteiger partial charge in [-0.15, -0.1) is 0 Å². The first-order valence-corrected chi connectivity index (χ1v) is 6.22. The van der Waals surface area contributed by atoms with Gasteiger partial charge in [0.25, 0.3) is 0 Å². The molecule has 3 nitrogen and oxygen atoms in total. The van der Waals surface area contributed by atoms with Gasteiger partial charge in [-0.2, -0.15) is 0 Å². The van der Waals surface area contributed by atoms with Crippen LogP contribution in [0.25, 0.3) is 0 Å². The first-order valence-electron chi connectivity index (χ1n) is 6.22. The van der Waals surface area contributed by atoms with Crippen LogP contribution in [-0.2, 0) is 4.79 Å². The van der Waals surface area contributed by atoms with Crippen LogP contribution in [0, 0.1) is 5.41 Å². The molecule has 0 atom stereocenters. The average Bonchev–Trinajstić information content (AvgIpc) is 2.17. The fraction of sp³-hybridized carbons (Fsp3) is 0.917. The van der Waals surface area contributed by atoms with Crippen molar-refractivity contribution in [3.8, 4) is 0 Å². The van der Waals surface area contributed by atoms with Crippen LogP contribution < -0.4 is 5.73 Å². The van der Waals surface area contributed by atoms with Crippen molar-refractivity contribution >= 4 is 5.91 Å². The Morgan fingerprint density at radius 3 is 1.93 bits per heavy atom. The summed E-state index contributed by atoms with van der Waals surface area (Å²) in [6.45, 7) is 1.99. The van der Waals surface area contributed by atoms with E-state index in [0.717, 1.165) is 51.6 Å². The average molecular weight is 208 g/mol. The van der Waals surface area contributed by atoms with Crippen LogP contribution in [0.2, 0.25) is 0 Å². The maximum atomic E-state index is 12.3. The first kappa shape index (κ1) is 9.64. The maximum Gasteiger partial charge on any atom is 0.228 e. The van der Waals surface area contributed by atoms with Crippen molar-refractivity contribution in [3.05, 3.63) is 0 Å². The summed E-state index contributed by atoms with van der Waals surface area (Å²) in [6.07, 6.45) is 7.50. The Bertz CT molecular complexity index is 271. The van der Waals surface area contributed by atoms with E-state index < -0.39 is 0 Å². The van der Waals surface area contributed by atoms with Crippen molar-refractivity contribution in [2.24, 2.45) is 11.1 Å². The molecule has 4 fully saturated rings. The minimum Gasteiger partial charge on any atom is -0.342 e. The SMILES string of the molecule is NC12CCC(C(=O)N3CCC3)(CC1)CC2. The molecule has 0 spiro atoms. The van der Waals surface area contributed by atoms with Gasteiger partial charge in [-0.25, -0.2) is 0 Å². The minimum absolute atomic E-state index is 0.00153. The molecule has 4 aliphatic rings. The van der Waals surface area contributed by atoms with Gasteiger partial charge in [-0.05, 0) is 44.9 Å². The van der Waals surface area contributed by atoms with Gasteiger partial charge in [-0.3, -0.25) is 4.79 Å². The van der Waals surface area contributed by atoms with Gasteiger partial charge < -0.3 is 10.6 Å². The summed E-state index contributed by atoms with van der Waals surface area (Å²) in [5.41, 5.74) is 6.33. The molecule has 2 bridgehead atoms. The smallest absolute Gasteiger partial charge is 0.228 e. The lowest BCUT2D eigenvalue weighted by molar-refractivity contribution is -0.152. The van der Waals surface area contributed by atoms with Crippen molar-refractivity contribution in [2.75, 3.05) is 13.1 Å². The molecule has 1 aliphatic heterocycles. The number of nitrogens with zero attached hydrogens (tertiary/aromatic N) is 1. The fourth-order valence-corrected chi connectivity index (χ4v) is 3.39. The Kier molecular flexibility index (Phi) is 1.91. The second-order valence-electron chi connectivity index (χ2n) is 5.79. The van der Waals surface area contributed by atoms with Crippen molar-refractivity contribution in [3.63, 3.8) is 0 Å². The summed E-state index contributed by atoms with van der Waals surface area (Å²) in [4.78, 5) is 14.4. The second kappa shape index (κ2) is 2.97. The zero-order valence-corrected chi connectivity index (χ0v) is 9.30. The van der Waals surface area contributed by atoms with Crippen LogP contribution in [0.3, 0.4) is 0 Å². The molecule has 0 unspecified atom stereocenters. The highest BCUT2D eigenvalue weighted by atomic mass is 16.2.